The van der Waals surface area contributed by atoms with Crippen LogP contribution in [0.4, 0.5) is 0 Å². The highest BCUT2D eigenvalue weighted by atomic mass is 28.3. The molecule has 4 heterocycles. The lowest BCUT2D eigenvalue weighted by Gasteiger charge is -2.34. The van der Waals surface area contributed by atoms with E-state index in [0.29, 0.717) is 0 Å². The van der Waals surface area contributed by atoms with E-state index in [2.05, 4.69) is 325 Å². The molecule has 0 fully saturated rings. The summed E-state index contributed by atoms with van der Waals surface area (Å²) in [7, 11) is -6.09. The molecule has 0 atom stereocenters. The normalized spacial score (nSPS) is 12.3. The van der Waals surface area contributed by atoms with Crippen molar-refractivity contribution in [2.75, 3.05) is 0 Å². The minimum absolute atomic E-state index is 0.816. The maximum atomic E-state index is 7.18. The van der Waals surface area contributed by atoms with Gasteiger partial charge in [0.1, 0.15) is 22.3 Å². The fourth-order valence-electron chi connectivity index (χ4n) is 14.7. The highest BCUT2D eigenvalue weighted by Gasteiger charge is 2.45. The number of nitrogens with zero attached hydrogens (tertiary/aromatic N) is 2. The van der Waals surface area contributed by atoms with Gasteiger partial charge in [-0.3, -0.25) is 0 Å². The molecule has 0 bridgehead atoms. The lowest BCUT2D eigenvalue weighted by atomic mass is 10.1. The summed E-state index contributed by atoms with van der Waals surface area (Å²) in [5, 5.41) is 18.5. The summed E-state index contributed by atoms with van der Waals surface area (Å²) in [4.78, 5) is 0. The first-order chi connectivity index (χ1) is 42.2. The minimum Gasteiger partial charge on any atom is -0.456 e. The van der Waals surface area contributed by atoms with Crippen LogP contribution in [0.15, 0.2) is 324 Å². The van der Waals surface area contributed by atoms with Crippen LogP contribution < -0.4 is 36.3 Å². The number of para-hydroxylation sites is 5. The van der Waals surface area contributed by atoms with Crippen molar-refractivity contribution >= 4 is 140 Å². The van der Waals surface area contributed by atoms with Gasteiger partial charge in [0.25, 0.3) is 0 Å². The summed E-state index contributed by atoms with van der Waals surface area (Å²) >= 11 is 0. The number of benzene rings is 13. The molecule has 0 saturated carbocycles. The summed E-state index contributed by atoms with van der Waals surface area (Å²) < 4.78 is 19.2. The average molecular weight is 1120 g/mol. The zero-order valence-corrected chi connectivity index (χ0v) is 48.4. The molecule has 6 heteroatoms. The molecular weight excluding hydrogens is 1070 g/mol. The molecule has 17 aromatic rings. The molecule has 0 aliphatic rings. The Balaban J connectivity index is 0.899. The Kier molecular flexibility index (Phi) is 11.3. The zero-order valence-electron chi connectivity index (χ0n) is 46.4. The predicted octanol–water partition coefficient (Wildman–Crippen LogP) is 15.3. The predicted molar refractivity (Wildman–Crippen MR) is 361 cm³/mol. The number of hydrogen-bond acceptors (Lipinski definition) is 2. The third kappa shape index (κ3) is 7.39. The Morgan fingerprint density at radius 1 is 0.271 bits per heavy atom. The van der Waals surface area contributed by atoms with Crippen LogP contribution >= 0.6 is 0 Å². The van der Waals surface area contributed by atoms with Crippen LogP contribution in [0.5, 0.6) is 0 Å². The van der Waals surface area contributed by atoms with Gasteiger partial charge in [0, 0.05) is 54.5 Å². The molecule has 0 saturated heterocycles. The molecule has 400 valence electrons. The lowest BCUT2D eigenvalue weighted by Crippen LogP contribution is -2.74. The molecule has 4 nitrogen and oxygen atoms in total. The summed E-state index contributed by atoms with van der Waals surface area (Å²) in [6, 6.07) is 118. The summed E-state index contributed by atoms with van der Waals surface area (Å²) in [5.41, 5.74) is 11.9. The van der Waals surface area contributed by atoms with E-state index in [1.807, 2.05) is 0 Å². The van der Waals surface area contributed by atoms with Crippen LogP contribution in [-0.2, 0) is 6.04 Å². The van der Waals surface area contributed by atoms with E-state index in [1.54, 1.807) is 0 Å². The number of aromatic nitrogens is 2. The second-order valence-corrected chi connectivity index (χ2v) is 30.3. The van der Waals surface area contributed by atoms with E-state index in [9.17, 15) is 0 Å². The first-order valence-corrected chi connectivity index (χ1v) is 33.6. The van der Waals surface area contributed by atoms with Gasteiger partial charge in [0.05, 0.1) is 22.1 Å². The van der Waals surface area contributed by atoms with E-state index in [1.165, 1.54) is 74.4 Å². The largest absolute Gasteiger partial charge is 0.456 e. The lowest BCUT2D eigenvalue weighted by molar-refractivity contribution is 0.671. The highest BCUT2D eigenvalue weighted by molar-refractivity contribution is 7.20. The molecule has 0 radical (unpaired) electrons. The van der Waals surface area contributed by atoms with Gasteiger partial charge in [-0.05, 0) is 109 Å². The van der Waals surface area contributed by atoms with Gasteiger partial charge in [0.2, 0.25) is 0 Å². The summed E-state index contributed by atoms with van der Waals surface area (Å²) in [6.45, 7) is 0. The smallest absolute Gasteiger partial charge is 0.184 e. The second-order valence-electron chi connectivity index (χ2n) is 22.6. The third-order valence-corrected chi connectivity index (χ3v) is 27.9. The van der Waals surface area contributed by atoms with E-state index in [0.717, 1.165) is 72.3 Å². The van der Waals surface area contributed by atoms with E-state index >= 15 is 0 Å². The fourth-order valence-corrected chi connectivity index (χ4v) is 24.5. The quantitative estimate of drug-likeness (QED) is 0.0956. The van der Waals surface area contributed by atoms with Crippen LogP contribution in [0.25, 0.3) is 98.9 Å². The van der Waals surface area contributed by atoms with Crippen molar-refractivity contribution < 1.29 is 8.83 Å². The number of hydrogen-bond donors (Lipinski definition) is 0. The molecule has 0 aliphatic carbocycles. The Morgan fingerprint density at radius 3 is 1.29 bits per heavy atom. The first kappa shape index (κ1) is 49.1. The standard InChI is InChI=1S/C79H54N2O2Si2/c1-6-27-57(28-7-1)84(58-29-8-2-9-30-58,75-47-25-41-65-63-38-18-22-45-73(63)82-78(65)75)53-54-26-24-44-72-77(54)66-40-17-21-43-70(66)80(72)55-48-49-71-67(50-55)62-37-16-20-42-69(62)81(71)56-51-68-64-39-19-23-46-74(64)83-79(68)76(52-56)85(59-31-10-3-11-32-59,60-33-12-4-13-34-60)61-35-14-5-15-36-61/h1-52H,53H2. The van der Waals surface area contributed by atoms with Crippen molar-refractivity contribution in [3.05, 3.63) is 321 Å². The fraction of sp³-hybridized carbons (Fsp3) is 0.0127. The van der Waals surface area contributed by atoms with Gasteiger partial charge in [-0.25, -0.2) is 0 Å². The van der Waals surface area contributed by atoms with Gasteiger partial charge in [-0.1, -0.05) is 255 Å². The van der Waals surface area contributed by atoms with Crippen molar-refractivity contribution in [1.82, 2.24) is 9.13 Å². The molecule has 4 aromatic heterocycles. The molecule has 0 spiro atoms. The second kappa shape index (κ2) is 19.6. The van der Waals surface area contributed by atoms with Gasteiger partial charge < -0.3 is 18.0 Å². The van der Waals surface area contributed by atoms with Crippen LogP contribution in [-0.4, -0.2) is 25.3 Å². The van der Waals surface area contributed by atoms with Crippen LogP contribution in [0.1, 0.15) is 5.56 Å². The molecule has 0 unspecified atom stereocenters. The van der Waals surface area contributed by atoms with Crippen molar-refractivity contribution in [1.29, 1.82) is 0 Å². The topological polar surface area (TPSA) is 36.1 Å². The van der Waals surface area contributed by atoms with Crippen LogP contribution in [0.3, 0.4) is 0 Å². The Labute approximate surface area is 493 Å². The van der Waals surface area contributed by atoms with Crippen molar-refractivity contribution in [2.24, 2.45) is 0 Å². The highest BCUT2D eigenvalue weighted by Crippen LogP contribution is 2.41. The Bertz CT molecular complexity index is 5260. The maximum absolute atomic E-state index is 7.18. The molecule has 0 N–H and O–H groups in total. The van der Waals surface area contributed by atoms with Crippen molar-refractivity contribution in [2.45, 2.75) is 6.04 Å². The number of rotatable bonds is 11. The van der Waals surface area contributed by atoms with Crippen molar-refractivity contribution in [3.8, 4) is 11.4 Å². The van der Waals surface area contributed by atoms with Gasteiger partial charge in [-0.2, -0.15) is 0 Å². The van der Waals surface area contributed by atoms with E-state index < -0.39 is 16.1 Å². The molecular formula is C79H54N2O2Si2. The number of furan rings is 2. The molecule has 13 aromatic carbocycles. The van der Waals surface area contributed by atoms with Crippen LogP contribution in [0.2, 0.25) is 0 Å². The SMILES string of the molecule is c1ccc([Si](Cc2cccc3c2c2ccccc2n3-c2ccc3c(c2)c2ccccc2n3-c2cc([Si](c3ccccc3)(c3ccccc3)c3ccccc3)c3oc4ccccc4c3c2)(c2ccccc2)c2cccc3c2oc2ccccc23)cc1. The third-order valence-electron chi connectivity index (χ3n) is 18.3. The Morgan fingerprint density at radius 2 is 0.694 bits per heavy atom. The zero-order chi connectivity index (χ0) is 56.1. The Hall–Kier alpha value is -10.5. The maximum Gasteiger partial charge on any atom is 0.184 e. The molecule has 17 rings (SSSR count). The first-order valence-electron chi connectivity index (χ1n) is 29.4. The van der Waals surface area contributed by atoms with E-state index in [4.69, 9.17) is 8.83 Å². The number of fused-ring (bicyclic) bond motifs is 12. The van der Waals surface area contributed by atoms with Gasteiger partial charge in [0.15, 0.2) is 16.1 Å². The molecule has 0 amide bonds. The van der Waals surface area contributed by atoms with Crippen molar-refractivity contribution in [3.63, 3.8) is 0 Å². The monoisotopic (exact) mass is 1120 g/mol. The summed E-state index contributed by atoms with van der Waals surface area (Å²) in [6.07, 6.45) is 0. The minimum atomic E-state index is -3.11. The summed E-state index contributed by atoms with van der Waals surface area (Å²) in [5.74, 6) is 0. The average Bonchev–Trinajstić information content (AvgIpc) is 2.15. The molecule has 0 aliphatic heterocycles. The van der Waals surface area contributed by atoms with Gasteiger partial charge in [-0.15, -0.1) is 0 Å². The van der Waals surface area contributed by atoms with Crippen LogP contribution in [0, 0.1) is 0 Å². The van der Waals surface area contributed by atoms with Gasteiger partial charge >= 0.3 is 0 Å². The van der Waals surface area contributed by atoms with E-state index in [-0.39, 0.29) is 0 Å². The molecule has 85 heavy (non-hydrogen) atoms.